The van der Waals surface area contributed by atoms with Gasteiger partial charge in [0.05, 0.1) is 17.2 Å². The molecule has 2 heterocycles. The first kappa shape index (κ1) is 24.0. The maximum absolute atomic E-state index is 13.4. The number of aliphatic hydroxyl groups excluding tert-OH is 1. The first-order valence-electron chi connectivity index (χ1n) is 12.4. The molecule has 2 fully saturated rings. The molecule has 2 aliphatic rings. The number of aromatic nitrogens is 1. The lowest BCUT2D eigenvalue weighted by molar-refractivity contribution is -0.132. The zero-order valence-electron chi connectivity index (χ0n) is 20.5. The van der Waals surface area contributed by atoms with E-state index in [2.05, 4.69) is 5.16 Å². The second kappa shape index (κ2) is 9.39. The molecule has 1 saturated heterocycles. The molecule has 3 aromatic rings. The lowest BCUT2D eigenvalue weighted by atomic mass is 9.80. The lowest BCUT2D eigenvalue weighted by Crippen LogP contribution is -2.40. The molecule has 2 aromatic carbocycles. The van der Waals surface area contributed by atoms with E-state index < -0.39 is 23.3 Å². The van der Waals surface area contributed by atoms with Crippen molar-refractivity contribution in [1.29, 1.82) is 0 Å². The van der Waals surface area contributed by atoms with Gasteiger partial charge >= 0.3 is 0 Å². The molecule has 36 heavy (non-hydrogen) atoms. The summed E-state index contributed by atoms with van der Waals surface area (Å²) in [6, 6.07) is 15.3. The van der Waals surface area contributed by atoms with Crippen molar-refractivity contribution in [3.8, 4) is 11.3 Å². The number of amides is 1. The van der Waals surface area contributed by atoms with Crippen molar-refractivity contribution in [1.82, 2.24) is 5.16 Å². The van der Waals surface area contributed by atoms with Gasteiger partial charge in [-0.1, -0.05) is 60.8 Å². The first-order valence-corrected chi connectivity index (χ1v) is 12.4. The van der Waals surface area contributed by atoms with Crippen LogP contribution in [0.25, 0.3) is 17.0 Å². The number of carbonyl (C=O) groups is 2. The number of anilines is 1. The Labute approximate surface area is 210 Å². The van der Waals surface area contributed by atoms with E-state index in [1.165, 1.54) is 6.26 Å². The van der Waals surface area contributed by atoms with Gasteiger partial charge in [0.2, 0.25) is 0 Å². The van der Waals surface area contributed by atoms with Crippen LogP contribution in [0.2, 0.25) is 0 Å². The average Bonchev–Trinajstić information content (AvgIpc) is 3.51. The molecule has 7 heteroatoms. The maximum atomic E-state index is 13.4. The van der Waals surface area contributed by atoms with Gasteiger partial charge in [-0.2, -0.15) is 0 Å². The van der Waals surface area contributed by atoms with Gasteiger partial charge < -0.3 is 14.7 Å². The van der Waals surface area contributed by atoms with Crippen LogP contribution < -0.4 is 4.90 Å². The topological polar surface area (TPSA) is 104 Å². The van der Waals surface area contributed by atoms with E-state index in [9.17, 15) is 19.8 Å². The lowest BCUT2D eigenvalue weighted by Gasteiger charge is -2.34. The molecule has 186 valence electrons. The van der Waals surface area contributed by atoms with Gasteiger partial charge in [-0.15, -0.1) is 0 Å². The number of hydrogen-bond donors (Lipinski definition) is 2. The summed E-state index contributed by atoms with van der Waals surface area (Å²) in [6.45, 7) is 3.37. The Morgan fingerprint density at radius 2 is 1.64 bits per heavy atom. The molecule has 5 rings (SSSR count). The van der Waals surface area contributed by atoms with Gasteiger partial charge in [-0.25, -0.2) is 0 Å². The molecule has 1 atom stereocenters. The van der Waals surface area contributed by atoms with Crippen LogP contribution in [-0.2, 0) is 15.2 Å². The maximum Gasteiger partial charge on any atom is 0.299 e. The van der Waals surface area contributed by atoms with Crippen molar-refractivity contribution in [2.75, 3.05) is 4.90 Å². The predicted molar refractivity (Wildman–Crippen MR) is 136 cm³/mol. The number of aliphatic hydroxyl groups is 2. The summed E-state index contributed by atoms with van der Waals surface area (Å²) in [7, 11) is 0. The molecular formula is C29H30N2O5. The number of rotatable bonds is 5. The van der Waals surface area contributed by atoms with Gasteiger partial charge in [0, 0.05) is 22.9 Å². The van der Waals surface area contributed by atoms with E-state index in [-0.39, 0.29) is 17.3 Å². The third-order valence-corrected chi connectivity index (χ3v) is 7.33. The van der Waals surface area contributed by atoms with Crippen molar-refractivity contribution in [3.05, 3.63) is 77.6 Å². The predicted octanol–water partition coefficient (Wildman–Crippen LogP) is 5.40. The Bertz CT molecular complexity index is 1280. The fourth-order valence-electron chi connectivity index (χ4n) is 5.38. The minimum Gasteiger partial charge on any atom is -0.507 e. The van der Waals surface area contributed by atoms with Crippen molar-refractivity contribution in [2.45, 2.75) is 57.6 Å². The summed E-state index contributed by atoms with van der Waals surface area (Å²) in [6.07, 6.45) is 6.44. The van der Waals surface area contributed by atoms with Crippen LogP contribution in [0.15, 0.2) is 71.0 Å². The van der Waals surface area contributed by atoms with Crippen LogP contribution in [0, 0.1) is 5.92 Å². The Morgan fingerprint density at radius 3 is 2.22 bits per heavy atom. The fraction of sp³-hybridized carbons (Fsp3) is 0.345. The number of benzene rings is 2. The molecule has 0 radical (unpaired) electrons. The number of carbonyl (C=O) groups excluding carboxylic acids is 2. The Kier molecular flexibility index (Phi) is 6.26. The molecule has 1 unspecified atom stereocenters. The van der Waals surface area contributed by atoms with Crippen LogP contribution in [0.3, 0.4) is 0 Å². The molecule has 1 amide bonds. The van der Waals surface area contributed by atoms with Crippen molar-refractivity contribution in [3.63, 3.8) is 0 Å². The SMILES string of the molecule is CC(C)(O)c1ccc(/C(O)=C2/C(=O)C(=O)N(c3ccc(-c4ccon4)cc3)C2C2CCCCC2)cc1. The fourth-order valence-corrected chi connectivity index (χ4v) is 5.38. The molecule has 0 spiro atoms. The minimum atomic E-state index is -1.03. The van der Waals surface area contributed by atoms with Crippen molar-refractivity contribution in [2.24, 2.45) is 5.92 Å². The Balaban J connectivity index is 1.57. The highest BCUT2D eigenvalue weighted by Gasteiger charge is 2.49. The number of ketones is 1. The van der Waals surface area contributed by atoms with E-state index in [0.717, 1.165) is 37.7 Å². The van der Waals surface area contributed by atoms with E-state index in [1.54, 1.807) is 49.1 Å². The summed E-state index contributed by atoms with van der Waals surface area (Å²) >= 11 is 0. The molecule has 1 aliphatic carbocycles. The van der Waals surface area contributed by atoms with E-state index in [4.69, 9.17) is 4.52 Å². The minimum absolute atomic E-state index is 0.0668. The van der Waals surface area contributed by atoms with Gasteiger partial charge in [-0.05, 0) is 50.3 Å². The third-order valence-electron chi connectivity index (χ3n) is 7.33. The van der Waals surface area contributed by atoms with E-state index >= 15 is 0 Å². The molecule has 7 nitrogen and oxygen atoms in total. The zero-order valence-corrected chi connectivity index (χ0v) is 20.5. The highest BCUT2D eigenvalue weighted by Crippen LogP contribution is 2.41. The summed E-state index contributed by atoms with van der Waals surface area (Å²) in [4.78, 5) is 28.3. The largest absolute Gasteiger partial charge is 0.507 e. The number of Topliss-reactive ketones (excluding diaryl/α,β-unsaturated/α-hetero) is 1. The van der Waals surface area contributed by atoms with Crippen LogP contribution >= 0.6 is 0 Å². The van der Waals surface area contributed by atoms with Crippen LogP contribution in [0.1, 0.15) is 57.1 Å². The van der Waals surface area contributed by atoms with Crippen LogP contribution in [-0.4, -0.2) is 33.1 Å². The van der Waals surface area contributed by atoms with E-state index in [0.29, 0.717) is 22.5 Å². The van der Waals surface area contributed by atoms with Crippen LogP contribution in [0.4, 0.5) is 5.69 Å². The summed E-state index contributed by atoms with van der Waals surface area (Å²) in [5, 5.41) is 25.6. The van der Waals surface area contributed by atoms with E-state index in [1.807, 2.05) is 24.3 Å². The summed E-state index contributed by atoms with van der Waals surface area (Å²) in [5.41, 5.74) is 2.39. The smallest absolute Gasteiger partial charge is 0.299 e. The monoisotopic (exact) mass is 486 g/mol. The van der Waals surface area contributed by atoms with Crippen molar-refractivity contribution >= 4 is 23.1 Å². The number of hydrogen-bond acceptors (Lipinski definition) is 6. The quantitative estimate of drug-likeness (QED) is 0.284. The van der Waals surface area contributed by atoms with Crippen LogP contribution in [0.5, 0.6) is 0 Å². The Hall–Kier alpha value is -3.71. The summed E-state index contributed by atoms with van der Waals surface area (Å²) < 4.78 is 4.93. The third kappa shape index (κ3) is 4.35. The van der Waals surface area contributed by atoms with Gasteiger partial charge in [0.25, 0.3) is 11.7 Å². The van der Waals surface area contributed by atoms with Gasteiger partial charge in [0.1, 0.15) is 17.7 Å². The molecule has 1 saturated carbocycles. The summed E-state index contributed by atoms with van der Waals surface area (Å²) in [5.74, 6) is -1.41. The second-order valence-corrected chi connectivity index (χ2v) is 10.2. The molecule has 1 aromatic heterocycles. The Morgan fingerprint density at radius 1 is 0.972 bits per heavy atom. The molecule has 2 N–H and O–H groups in total. The standard InChI is InChI=1S/C29H30N2O5/c1-29(2,35)21-12-8-20(9-13-21)26(32)24-25(19-6-4-3-5-7-19)31(28(34)27(24)33)22-14-10-18(11-15-22)23-16-17-36-30-23/h8-17,19,25,32,35H,3-7H2,1-2H3/b26-24-. The first-order chi connectivity index (χ1) is 17.3. The van der Waals surface area contributed by atoms with Crippen molar-refractivity contribution < 1.29 is 24.3 Å². The highest BCUT2D eigenvalue weighted by molar-refractivity contribution is 6.51. The zero-order chi connectivity index (χ0) is 25.4. The highest BCUT2D eigenvalue weighted by atomic mass is 16.5. The number of nitrogens with zero attached hydrogens (tertiary/aromatic N) is 2. The average molecular weight is 487 g/mol. The van der Waals surface area contributed by atoms with Gasteiger partial charge in [0.15, 0.2) is 0 Å². The molecular weight excluding hydrogens is 456 g/mol. The molecule has 1 aliphatic heterocycles. The normalized spacial score (nSPS) is 20.8. The second-order valence-electron chi connectivity index (χ2n) is 10.2. The molecule has 0 bridgehead atoms. The van der Waals surface area contributed by atoms with Gasteiger partial charge in [-0.3, -0.25) is 14.5 Å².